The highest BCUT2D eigenvalue weighted by molar-refractivity contribution is 7.07. The molecule has 5 nitrogen and oxygen atoms in total. The molecule has 3 aromatic rings. The highest BCUT2D eigenvalue weighted by Crippen LogP contribution is 2.28. The summed E-state index contributed by atoms with van der Waals surface area (Å²) in [6.45, 7) is 6.24. The Bertz CT molecular complexity index is 728. The van der Waals surface area contributed by atoms with Gasteiger partial charge in [0.05, 0.1) is 5.69 Å². The van der Waals surface area contributed by atoms with Gasteiger partial charge in [-0.25, -0.2) is 4.68 Å². The molecule has 0 saturated carbocycles. The quantitative estimate of drug-likeness (QED) is 0.738. The molecule has 0 atom stereocenters. The van der Waals surface area contributed by atoms with Crippen molar-refractivity contribution < 1.29 is 4.74 Å². The normalized spacial score (nSPS) is 11.6. The van der Waals surface area contributed by atoms with Crippen LogP contribution in [0.1, 0.15) is 26.6 Å². The van der Waals surface area contributed by atoms with Crippen molar-refractivity contribution in [2.24, 2.45) is 0 Å². The molecule has 0 bridgehead atoms. The molecule has 3 rings (SSSR count). The minimum absolute atomic E-state index is 0.0744. The van der Waals surface area contributed by atoms with Crippen molar-refractivity contribution >= 4 is 11.5 Å². The fraction of sp³-hybridized carbons (Fsp3) is 0.267. The molecular weight excluding hydrogens is 284 g/mol. The molecule has 0 aliphatic heterocycles. The molecule has 0 spiro atoms. The van der Waals surface area contributed by atoms with Gasteiger partial charge in [0.25, 0.3) is 5.19 Å². The van der Waals surface area contributed by atoms with Crippen molar-refractivity contribution in [1.82, 2.24) is 19.1 Å². The highest BCUT2D eigenvalue weighted by atomic mass is 32.1. The molecule has 1 aromatic carbocycles. The van der Waals surface area contributed by atoms with Gasteiger partial charge in [0.2, 0.25) is 0 Å². The van der Waals surface area contributed by atoms with Crippen LogP contribution in [0.2, 0.25) is 0 Å². The van der Waals surface area contributed by atoms with E-state index in [0.29, 0.717) is 5.19 Å². The number of hydrogen-bond donors (Lipinski definition) is 0. The number of ether oxygens (including phenoxy) is 1. The first-order valence-electron chi connectivity index (χ1n) is 6.64. The van der Waals surface area contributed by atoms with Gasteiger partial charge in [-0.2, -0.15) is 14.5 Å². The van der Waals surface area contributed by atoms with Gasteiger partial charge >= 0.3 is 0 Å². The summed E-state index contributed by atoms with van der Waals surface area (Å²) in [4.78, 5) is 4.43. The van der Waals surface area contributed by atoms with E-state index in [1.807, 2.05) is 36.5 Å². The van der Waals surface area contributed by atoms with Crippen LogP contribution in [0.15, 0.2) is 42.7 Å². The number of rotatable bonds is 3. The summed E-state index contributed by atoms with van der Waals surface area (Å²) in [6.07, 6.45) is 3.63. The summed E-state index contributed by atoms with van der Waals surface area (Å²) < 4.78 is 11.9. The summed E-state index contributed by atoms with van der Waals surface area (Å²) >= 11 is 1.27. The summed E-state index contributed by atoms with van der Waals surface area (Å²) in [5.41, 5.74) is 0.868. The minimum atomic E-state index is -0.0744. The lowest BCUT2D eigenvalue weighted by molar-refractivity contribution is 0.467. The monoisotopic (exact) mass is 300 g/mol. The lowest BCUT2D eigenvalue weighted by atomic mass is 9.96. The zero-order chi connectivity index (χ0) is 14.9. The van der Waals surface area contributed by atoms with Crippen LogP contribution >= 0.6 is 11.5 Å². The van der Waals surface area contributed by atoms with Gasteiger partial charge in [-0.15, -0.1) is 0 Å². The standard InChI is InChI=1S/C15H16N4OS/c1-15(2,3)13-17-14(21-18-13)20-12-7-4-6-11(10-12)19-9-5-8-16-19/h4-10H,1-3H3. The summed E-state index contributed by atoms with van der Waals surface area (Å²) in [6, 6.07) is 9.60. The first-order chi connectivity index (χ1) is 10.0. The van der Waals surface area contributed by atoms with Crippen LogP contribution in [0, 0.1) is 0 Å². The van der Waals surface area contributed by atoms with E-state index in [-0.39, 0.29) is 5.41 Å². The Kier molecular flexibility index (Phi) is 3.47. The van der Waals surface area contributed by atoms with E-state index < -0.39 is 0 Å². The second-order valence-corrected chi connectivity index (χ2v) is 6.40. The Hall–Kier alpha value is -2.21. The van der Waals surface area contributed by atoms with E-state index in [4.69, 9.17) is 4.74 Å². The van der Waals surface area contributed by atoms with E-state index in [9.17, 15) is 0 Å². The summed E-state index contributed by atoms with van der Waals surface area (Å²) in [7, 11) is 0. The van der Waals surface area contributed by atoms with Gasteiger partial charge in [0.15, 0.2) is 5.82 Å². The third-order valence-corrected chi connectivity index (χ3v) is 3.46. The van der Waals surface area contributed by atoms with Gasteiger partial charge in [0, 0.05) is 35.4 Å². The SMILES string of the molecule is CC(C)(C)c1nsc(Oc2cccc(-n3cccn3)c2)n1. The van der Waals surface area contributed by atoms with Crippen molar-refractivity contribution in [2.75, 3.05) is 0 Å². The fourth-order valence-electron chi connectivity index (χ4n) is 1.77. The predicted molar refractivity (Wildman–Crippen MR) is 82.2 cm³/mol. The van der Waals surface area contributed by atoms with Crippen molar-refractivity contribution in [3.63, 3.8) is 0 Å². The van der Waals surface area contributed by atoms with Gasteiger partial charge in [-0.05, 0) is 18.2 Å². The molecule has 6 heteroatoms. The molecule has 0 amide bonds. The van der Waals surface area contributed by atoms with Crippen LogP contribution in [0.4, 0.5) is 0 Å². The van der Waals surface area contributed by atoms with Crippen molar-refractivity contribution in [2.45, 2.75) is 26.2 Å². The second-order valence-electron chi connectivity index (χ2n) is 5.68. The molecule has 0 aliphatic rings. The molecule has 0 unspecified atom stereocenters. The molecule has 21 heavy (non-hydrogen) atoms. The third-order valence-electron chi connectivity index (χ3n) is 2.87. The first kappa shape index (κ1) is 13.8. The van der Waals surface area contributed by atoms with Crippen LogP contribution in [-0.4, -0.2) is 19.1 Å². The van der Waals surface area contributed by atoms with E-state index in [1.165, 1.54) is 11.5 Å². The topological polar surface area (TPSA) is 52.8 Å². The van der Waals surface area contributed by atoms with Gasteiger partial charge < -0.3 is 4.74 Å². The maximum absolute atomic E-state index is 5.80. The fourth-order valence-corrected chi connectivity index (χ4v) is 2.51. The van der Waals surface area contributed by atoms with E-state index in [1.54, 1.807) is 10.9 Å². The first-order valence-corrected chi connectivity index (χ1v) is 7.42. The third kappa shape index (κ3) is 3.11. The average molecular weight is 300 g/mol. The molecule has 0 saturated heterocycles. The Morgan fingerprint density at radius 1 is 1.19 bits per heavy atom. The average Bonchev–Trinajstić information content (AvgIpc) is 3.09. The Morgan fingerprint density at radius 3 is 2.71 bits per heavy atom. The zero-order valence-corrected chi connectivity index (χ0v) is 13.0. The molecule has 0 N–H and O–H groups in total. The minimum Gasteiger partial charge on any atom is -0.430 e. The van der Waals surface area contributed by atoms with Crippen LogP contribution in [0.25, 0.3) is 5.69 Å². The summed E-state index contributed by atoms with van der Waals surface area (Å²) in [5, 5.41) is 4.76. The second kappa shape index (κ2) is 5.29. The summed E-state index contributed by atoms with van der Waals surface area (Å²) in [5.74, 6) is 1.52. The number of aromatic nitrogens is 4. The largest absolute Gasteiger partial charge is 0.430 e. The lowest BCUT2D eigenvalue weighted by Gasteiger charge is -2.12. The number of benzene rings is 1. The van der Waals surface area contributed by atoms with Crippen LogP contribution in [0.5, 0.6) is 10.9 Å². The van der Waals surface area contributed by atoms with Gasteiger partial charge in [-0.3, -0.25) is 0 Å². The molecule has 2 heterocycles. The highest BCUT2D eigenvalue weighted by Gasteiger charge is 2.20. The lowest BCUT2D eigenvalue weighted by Crippen LogP contribution is -2.12. The Morgan fingerprint density at radius 2 is 2.05 bits per heavy atom. The van der Waals surface area contributed by atoms with Crippen molar-refractivity contribution in [3.05, 3.63) is 48.5 Å². The molecular formula is C15H16N4OS. The van der Waals surface area contributed by atoms with Crippen molar-refractivity contribution in [1.29, 1.82) is 0 Å². The Balaban J connectivity index is 1.82. The Labute approximate surface area is 127 Å². The predicted octanol–water partition coefficient (Wildman–Crippen LogP) is 3.81. The zero-order valence-electron chi connectivity index (χ0n) is 12.1. The molecule has 0 fully saturated rings. The van der Waals surface area contributed by atoms with Crippen LogP contribution in [-0.2, 0) is 5.41 Å². The van der Waals surface area contributed by atoms with E-state index >= 15 is 0 Å². The van der Waals surface area contributed by atoms with Crippen molar-refractivity contribution in [3.8, 4) is 16.6 Å². The smallest absolute Gasteiger partial charge is 0.298 e. The molecule has 108 valence electrons. The van der Waals surface area contributed by atoms with Crippen LogP contribution in [0.3, 0.4) is 0 Å². The maximum Gasteiger partial charge on any atom is 0.298 e. The van der Waals surface area contributed by atoms with E-state index in [0.717, 1.165) is 17.3 Å². The molecule has 2 aromatic heterocycles. The van der Waals surface area contributed by atoms with Gasteiger partial charge in [0.1, 0.15) is 5.75 Å². The number of hydrogen-bond acceptors (Lipinski definition) is 5. The van der Waals surface area contributed by atoms with Gasteiger partial charge in [-0.1, -0.05) is 26.8 Å². The molecule has 0 aliphatic carbocycles. The molecule has 0 radical (unpaired) electrons. The number of nitrogens with zero attached hydrogens (tertiary/aromatic N) is 4. The van der Waals surface area contributed by atoms with E-state index in [2.05, 4.69) is 35.2 Å². The van der Waals surface area contributed by atoms with Crippen LogP contribution < -0.4 is 4.74 Å². The maximum atomic E-state index is 5.80.